The van der Waals surface area contributed by atoms with Crippen LogP contribution in [0.3, 0.4) is 0 Å². The first-order valence-corrected chi connectivity index (χ1v) is 7.12. The van der Waals surface area contributed by atoms with Crippen molar-refractivity contribution >= 4 is 21.6 Å². The fraction of sp³-hybridized carbons (Fsp3) is 0.750. The van der Waals surface area contributed by atoms with Crippen LogP contribution < -0.4 is 5.32 Å². The lowest BCUT2D eigenvalue weighted by Gasteiger charge is -2.25. The molecule has 80 valence electrons. The van der Waals surface area contributed by atoms with E-state index in [1.54, 1.807) is 0 Å². The Bertz CT molecular complexity index is 311. The van der Waals surface area contributed by atoms with Crippen molar-refractivity contribution in [2.75, 3.05) is 19.7 Å². The van der Waals surface area contributed by atoms with Crippen LogP contribution in [0, 0.1) is 0 Å². The Labute approximate surface area is 88.0 Å². The molecule has 2 unspecified atom stereocenters. The summed E-state index contributed by atoms with van der Waals surface area (Å²) in [5, 5.41) is 4.88. The quantitative estimate of drug-likeness (QED) is 0.747. The zero-order valence-corrected chi connectivity index (χ0v) is 9.31. The summed E-state index contributed by atoms with van der Waals surface area (Å²) in [7, 11) is -3.15. The lowest BCUT2D eigenvalue weighted by atomic mass is 10.5. The van der Waals surface area contributed by atoms with Crippen molar-refractivity contribution in [3.05, 3.63) is 11.5 Å². The van der Waals surface area contributed by atoms with Crippen molar-refractivity contribution in [2.45, 2.75) is 16.4 Å². The summed E-state index contributed by atoms with van der Waals surface area (Å²) in [6.07, 6.45) is 2.50. The maximum absolute atomic E-state index is 12.0. The van der Waals surface area contributed by atoms with Crippen molar-refractivity contribution in [3.63, 3.8) is 0 Å². The van der Waals surface area contributed by atoms with Crippen LogP contribution in [0.15, 0.2) is 11.5 Å². The van der Waals surface area contributed by atoms with Gasteiger partial charge in [-0.3, -0.25) is 0 Å². The lowest BCUT2D eigenvalue weighted by molar-refractivity contribution is 0.0783. The van der Waals surface area contributed by atoms with Gasteiger partial charge in [0.25, 0.3) is 0 Å². The lowest BCUT2D eigenvalue weighted by Crippen LogP contribution is -2.45. The van der Waals surface area contributed by atoms with E-state index < -0.39 is 15.3 Å². The molecule has 0 aromatic rings. The minimum absolute atomic E-state index is 0.340. The summed E-state index contributed by atoms with van der Waals surface area (Å²) in [5.74, 6) is 0. The first kappa shape index (κ1) is 10.5. The Hall–Kier alpha value is -0.0400. The Morgan fingerprint density at radius 2 is 2.36 bits per heavy atom. The Balaban J connectivity index is 2.06. The van der Waals surface area contributed by atoms with Crippen LogP contribution in [-0.2, 0) is 14.6 Å². The van der Waals surface area contributed by atoms with E-state index in [9.17, 15) is 8.42 Å². The highest BCUT2D eigenvalue weighted by molar-refractivity contribution is 8.15. The van der Waals surface area contributed by atoms with Crippen LogP contribution in [0.5, 0.6) is 0 Å². The number of hydrogen-bond donors (Lipinski definition) is 1. The molecule has 14 heavy (non-hydrogen) atoms. The molecular formula is C8H13NO3S2. The van der Waals surface area contributed by atoms with E-state index in [1.807, 2.05) is 11.5 Å². The second-order valence-electron chi connectivity index (χ2n) is 3.27. The number of nitrogens with one attached hydrogen (secondary N) is 1. The largest absolute Gasteiger partial charge is 0.360 e. The van der Waals surface area contributed by atoms with Crippen LogP contribution in [-0.4, -0.2) is 38.1 Å². The van der Waals surface area contributed by atoms with Crippen LogP contribution >= 0.6 is 11.8 Å². The van der Waals surface area contributed by atoms with Crippen molar-refractivity contribution in [3.8, 4) is 0 Å². The van der Waals surface area contributed by atoms with Crippen LogP contribution in [0.4, 0.5) is 0 Å². The molecule has 2 rings (SSSR count). The van der Waals surface area contributed by atoms with E-state index in [2.05, 4.69) is 5.32 Å². The molecule has 0 radical (unpaired) electrons. The van der Waals surface area contributed by atoms with E-state index in [4.69, 9.17) is 4.74 Å². The molecule has 0 aromatic heterocycles. The van der Waals surface area contributed by atoms with Gasteiger partial charge in [-0.2, -0.15) is 0 Å². The highest BCUT2D eigenvalue weighted by Crippen LogP contribution is 2.31. The van der Waals surface area contributed by atoms with Crippen molar-refractivity contribution in [1.29, 1.82) is 0 Å². The van der Waals surface area contributed by atoms with E-state index >= 15 is 0 Å². The van der Waals surface area contributed by atoms with Gasteiger partial charge in [-0.1, -0.05) is 6.08 Å². The molecule has 0 saturated carbocycles. The Morgan fingerprint density at radius 1 is 1.50 bits per heavy atom. The van der Waals surface area contributed by atoms with E-state index in [1.165, 1.54) is 11.8 Å². The smallest absolute Gasteiger partial charge is 0.191 e. The summed E-state index contributed by atoms with van der Waals surface area (Å²) >= 11 is 1.37. The minimum atomic E-state index is -3.15. The van der Waals surface area contributed by atoms with Gasteiger partial charge >= 0.3 is 0 Å². The van der Waals surface area contributed by atoms with Gasteiger partial charge < -0.3 is 10.1 Å². The summed E-state index contributed by atoms with van der Waals surface area (Å²) in [4.78, 5) is 0. The predicted molar refractivity (Wildman–Crippen MR) is 56.7 cm³/mol. The first-order chi connectivity index (χ1) is 6.71. The number of thioether (sulfide) groups is 1. The Morgan fingerprint density at radius 3 is 2.93 bits per heavy atom. The molecule has 1 fully saturated rings. The van der Waals surface area contributed by atoms with Gasteiger partial charge in [0.05, 0.1) is 6.61 Å². The van der Waals surface area contributed by atoms with Gasteiger partial charge in [-0.15, -0.1) is 11.8 Å². The molecule has 2 atom stereocenters. The van der Waals surface area contributed by atoms with Gasteiger partial charge in [0.15, 0.2) is 15.3 Å². The van der Waals surface area contributed by atoms with E-state index in [0.29, 0.717) is 19.6 Å². The van der Waals surface area contributed by atoms with E-state index in [-0.39, 0.29) is 4.58 Å². The summed E-state index contributed by atoms with van der Waals surface area (Å²) < 4.78 is 28.8. The molecule has 0 aliphatic carbocycles. The summed E-state index contributed by atoms with van der Waals surface area (Å²) in [5.41, 5.74) is -0.659. The number of allylic oxidation sites excluding steroid dienone is 1. The molecule has 0 bridgehead atoms. The molecule has 2 heterocycles. The topological polar surface area (TPSA) is 55.4 Å². The molecule has 0 amide bonds. The SMILES string of the molecule is O=S(=O)(C1CNCCO1)C1CC=CS1. The number of hydrogen-bond acceptors (Lipinski definition) is 5. The second kappa shape index (κ2) is 4.22. The third-order valence-electron chi connectivity index (χ3n) is 2.28. The molecule has 1 saturated heterocycles. The maximum Gasteiger partial charge on any atom is 0.191 e. The molecule has 6 heteroatoms. The average Bonchev–Trinajstić information content (AvgIpc) is 2.72. The van der Waals surface area contributed by atoms with Crippen molar-refractivity contribution in [2.24, 2.45) is 0 Å². The predicted octanol–water partition coefficient (Wildman–Crippen LogP) is 0.324. The minimum Gasteiger partial charge on any atom is -0.360 e. The second-order valence-corrected chi connectivity index (χ2v) is 6.95. The fourth-order valence-electron chi connectivity index (χ4n) is 1.50. The number of ether oxygens (including phenoxy) is 1. The van der Waals surface area contributed by atoms with Gasteiger partial charge in [-0.25, -0.2) is 8.42 Å². The third kappa shape index (κ3) is 1.98. The molecule has 2 aliphatic heterocycles. The highest BCUT2D eigenvalue weighted by Gasteiger charge is 2.36. The standard InChI is InChI=1S/C8H13NO3S2/c10-14(11,8-2-1-5-13-8)7-6-9-3-4-12-7/h1,5,7-9H,2-4,6H2. The zero-order valence-electron chi connectivity index (χ0n) is 7.68. The van der Waals surface area contributed by atoms with Crippen LogP contribution in [0.1, 0.15) is 6.42 Å². The maximum atomic E-state index is 12.0. The van der Waals surface area contributed by atoms with Crippen LogP contribution in [0.2, 0.25) is 0 Å². The van der Waals surface area contributed by atoms with Crippen molar-refractivity contribution in [1.82, 2.24) is 5.32 Å². The molecule has 0 aromatic carbocycles. The summed E-state index contributed by atoms with van der Waals surface area (Å²) in [6.45, 7) is 1.64. The normalized spacial score (nSPS) is 33.4. The average molecular weight is 235 g/mol. The van der Waals surface area contributed by atoms with Gasteiger partial charge in [0.1, 0.15) is 4.58 Å². The number of sulfone groups is 1. The number of morpholine rings is 1. The molecule has 4 nitrogen and oxygen atoms in total. The molecule has 0 spiro atoms. The zero-order chi connectivity index (χ0) is 10.0. The fourth-order valence-corrected chi connectivity index (χ4v) is 4.66. The third-order valence-corrected chi connectivity index (χ3v) is 6.23. The Kier molecular flexibility index (Phi) is 3.16. The van der Waals surface area contributed by atoms with Crippen molar-refractivity contribution < 1.29 is 13.2 Å². The van der Waals surface area contributed by atoms with E-state index in [0.717, 1.165) is 6.54 Å². The van der Waals surface area contributed by atoms with Gasteiger partial charge in [0.2, 0.25) is 0 Å². The molecule has 1 N–H and O–H groups in total. The first-order valence-electron chi connectivity index (χ1n) is 4.57. The monoisotopic (exact) mass is 235 g/mol. The van der Waals surface area contributed by atoms with Crippen LogP contribution in [0.25, 0.3) is 0 Å². The van der Waals surface area contributed by atoms with Gasteiger partial charge in [0, 0.05) is 13.1 Å². The molecular weight excluding hydrogens is 222 g/mol. The number of rotatable bonds is 2. The summed E-state index contributed by atoms with van der Waals surface area (Å²) in [6, 6.07) is 0. The van der Waals surface area contributed by atoms with Gasteiger partial charge in [-0.05, 0) is 11.8 Å². The molecule has 2 aliphatic rings. The highest BCUT2D eigenvalue weighted by atomic mass is 32.3.